The molecule has 0 aliphatic carbocycles. The molecular formula is C21H22N2O5. The minimum Gasteiger partial charge on any atom is -0.452 e. The maximum atomic E-state index is 12.1. The summed E-state index contributed by atoms with van der Waals surface area (Å²) in [5, 5.41) is 13.5. The fourth-order valence-electron chi connectivity index (χ4n) is 2.51. The molecule has 2 aromatic rings. The molecule has 0 saturated carbocycles. The number of nitrogens with zero attached hydrogens (tertiary/aromatic N) is 1. The summed E-state index contributed by atoms with van der Waals surface area (Å²) in [6.07, 6.45) is 3.35. The fraction of sp³-hybridized carbons (Fsp3) is 0.238. The molecule has 0 radical (unpaired) electrons. The van der Waals surface area contributed by atoms with E-state index < -0.39 is 10.9 Å². The third-order valence-corrected chi connectivity index (χ3v) is 4.08. The predicted octanol–water partition coefficient (Wildman–Crippen LogP) is 3.73. The number of carbonyl (C=O) groups is 2. The molecule has 0 saturated heterocycles. The van der Waals surface area contributed by atoms with Gasteiger partial charge in [-0.15, -0.1) is 0 Å². The van der Waals surface area contributed by atoms with Gasteiger partial charge in [-0.3, -0.25) is 14.9 Å². The van der Waals surface area contributed by atoms with Gasteiger partial charge in [0, 0.05) is 18.2 Å². The van der Waals surface area contributed by atoms with Crippen LogP contribution in [0.15, 0.2) is 54.6 Å². The number of non-ortho nitro benzene ring substituents is 1. The predicted molar refractivity (Wildman–Crippen MR) is 105 cm³/mol. The van der Waals surface area contributed by atoms with Gasteiger partial charge < -0.3 is 10.1 Å². The van der Waals surface area contributed by atoms with Crippen LogP contribution in [0, 0.1) is 17.0 Å². The standard InChI is InChI=1S/C21H22N2O5/c1-3-19(17-9-4-15(2)5-10-17)22-20(24)14-28-21(25)13-8-16-6-11-18(12-7-16)23(26)27/h4-13,19H,3,14H2,1-2H3,(H,22,24)/b13-8+/t19-/m0/s1. The Morgan fingerprint density at radius 3 is 2.36 bits per heavy atom. The molecule has 1 amide bonds. The molecule has 0 spiro atoms. The molecule has 28 heavy (non-hydrogen) atoms. The summed E-state index contributed by atoms with van der Waals surface area (Å²) < 4.78 is 4.94. The molecule has 0 aliphatic heterocycles. The van der Waals surface area contributed by atoms with Crippen LogP contribution in [0.2, 0.25) is 0 Å². The SMILES string of the molecule is CC[C@H](NC(=O)COC(=O)/C=C/c1ccc([N+](=O)[O-])cc1)c1ccc(C)cc1. The lowest BCUT2D eigenvalue weighted by Crippen LogP contribution is -2.32. The quantitative estimate of drug-likeness (QED) is 0.325. The van der Waals surface area contributed by atoms with E-state index in [-0.39, 0.29) is 24.2 Å². The van der Waals surface area contributed by atoms with Crippen molar-refractivity contribution < 1.29 is 19.2 Å². The molecule has 0 unspecified atom stereocenters. The van der Waals surface area contributed by atoms with Crippen molar-refractivity contribution in [2.75, 3.05) is 6.61 Å². The molecular weight excluding hydrogens is 360 g/mol. The number of benzene rings is 2. The van der Waals surface area contributed by atoms with E-state index in [9.17, 15) is 19.7 Å². The molecule has 0 fully saturated rings. The minimum atomic E-state index is -0.670. The largest absolute Gasteiger partial charge is 0.452 e. The zero-order valence-corrected chi connectivity index (χ0v) is 15.8. The van der Waals surface area contributed by atoms with E-state index in [0.717, 1.165) is 11.1 Å². The Bertz CT molecular complexity index is 857. The number of hydrogen-bond acceptors (Lipinski definition) is 5. The summed E-state index contributed by atoms with van der Waals surface area (Å²) >= 11 is 0. The molecule has 2 aromatic carbocycles. The Hall–Kier alpha value is -3.48. The number of nitro benzene ring substituents is 1. The van der Waals surface area contributed by atoms with E-state index in [2.05, 4.69) is 5.32 Å². The molecule has 146 valence electrons. The first-order chi connectivity index (χ1) is 13.4. The number of amides is 1. The topological polar surface area (TPSA) is 98.5 Å². The van der Waals surface area contributed by atoms with Crippen molar-refractivity contribution in [2.45, 2.75) is 26.3 Å². The van der Waals surface area contributed by atoms with E-state index >= 15 is 0 Å². The first-order valence-electron chi connectivity index (χ1n) is 8.84. The van der Waals surface area contributed by atoms with Crippen molar-refractivity contribution in [2.24, 2.45) is 0 Å². The van der Waals surface area contributed by atoms with Gasteiger partial charge in [-0.1, -0.05) is 36.8 Å². The third kappa shape index (κ3) is 6.35. The van der Waals surface area contributed by atoms with Gasteiger partial charge in [0.25, 0.3) is 11.6 Å². The zero-order chi connectivity index (χ0) is 20.5. The van der Waals surface area contributed by atoms with Gasteiger partial charge in [0.2, 0.25) is 0 Å². The van der Waals surface area contributed by atoms with Crippen LogP contribution in [0.5, 0.6) is 0 Å². The van der Waals surface area contributed by atoms with Gasteiger partial charge in [0.05, 0.1) is 11.0 Å². The summed E-state index contributed by atoms with van der Waals surface area (Å²) in [7, 11) is 0. The van der Waals surface area contributed by atoms with Crippen molar-refractivity contribution in [3.63, 3.8) is 0 Å². The van der Waals surface area contributed by atoms with Crippen LogP contribution in [-0.2, 0) is 14.3 Å². The lowest BCUT2D eigenvalue weighted by atomic mass is 10.0. The normalized spacial score (nSPS) is 11.8. The average molecular weight is 382 g/mol. The highest BCUT2D eigenvalue weighted by Crippen LogP contribution is 2.17. The van der Waals surface area contributed by atoms with Crippen molar-refractivity contribution in [3.05, 3.63) is 81.4 Å². The van der Waals surface area contributed by atoms with Gasteiger partial charge in [-0.25, -0.2) is 4.79 Å². The Morgan fingerprint density at radius 1 is 1.14 bits per heavy atom. The molecule has 7 heteroatoms. The number of ether oxygens (including phenoxy) is 1. The monoisotopic (exact) mass is 382 g/mol. The Kier molecular flexibility index (Phi) is 7.45. The highest BCUT2D eigenvalue weighted by atomic mass is 16.6. The molecule has 2 rings (SSSR count). The summed E-state index contributed by atoms with van der Waals surface area (Å²) in [5.41, 5.74) is 2.71. The first kappa shape index (κ1) is 20.8. The van der Waals surface area contributed by atoms with E-state index in [1.807, 2.05) is 38.1 Å². The molecule has 0 bridgehead atoms. The summed E-state index contributed by atoms with van der Waals surface area (Å²) in [6.45, 7) is 3.57. The summed E-state index contributed by atoms with van der Waals surface area (Å²) in [4.78, 5) is 33.9. The summed E-state index contributed by atoms with van der Waals surface area (Å²) in [5.74, 6) is -1.05. The van der Waals surface area contributed by atoms with E-state index in [1.165, 1.54) is 36.4 Å². The second-order valence-corrected chi connectivity index (χ2v) is 6.23. The molecule has 0 aromatic heterocycles. The van der Waals surface area contributed by atoms with Gasteiger partial charge in [-0.05, 0) is 42.7 Å². The van der Waals surface area contributed by atoms with Gasteiger partial charge in [0.1, 0.15) is 0 Å². The van der Waals surface area contributed by atoms with E-state index in [0.29, 0.717) is 12.0 Å². The number of carbonyl (C=O) groups excluding carboxylic acids is 2. The van der Waals surface area contributed by atoms with Gasteiger partial charge >= 0.3 is 5.97 Å². The first-order valence-corrected chi connectivity index (χ1v) is 8.84. The number of aryl methyl sites for hydroxylation is 1. The molecule has 0 heterocycles. The second-order valence-electron chi connectivity index (χ2n) is 6.23. The smallest absolute Gasteiger partial charge is 0.331 e. The van der Waals surface area contributed by atoms with Crippen LogP contribution in [0.1, 0.15) is 36.1 Å². The number of nitrogens with one attached hydrogen (secondary N) is 1. The number of esters is 1. The van der Waals surface area contributed by atoms with Crippen LogP contribution in [-0.4, -0.2) is 23.4 Å². The summed E-state index contributed by atoms with van der Waals surface area (Å²) in [6, 6.07) is 13.4. The maximum Gasteiger partial charge on any atom is 0.331 e. The highest BCUT2D eigenvalue weighted by molar-refractivity contribution is 5.89. The highest BCUT2D eigenvalue weighted by Gasteiger charge is 2.13. The minimum absolute atomic E-state index is 0.0320. The van der Waals surface area contributed by atoms with Gasteiger partial charge in [-0.2, -0.15) is 0 Å². The van der Waals surface area contributed by atoms with E-state index in [4.69, 9.17) is 4.74 Å². The Labute approximate surface area is 163 Å². The van der Waals surface area contributed by atoms with Crippen LogP contribution < -0.4 is 5.32 Å². The van der Waals surface area contributed by atoms with Crippen molar-refractivity contribution >= 4 is 23.6 Å². The van der Waals surface area contributed by atoms with Crippen LogP contribution >= 0.6 is 0 Å². The van der Waals surface area contributed by atoms with Crippen LogP contribution in [0.4, 0.5) is 5.69 Å². The fourth-order valence-corrected chi connectivity index (χ4v) is 2.51. The number of rotatable bonds is 8. The molecule has 1 atom stereocenters. The van der Waals surface area contributed by atoms with Crippen LogP contribution in [0.3, 0.4) is 0 Å². The Morgan fingerprint density at radius 2 is 1.79 bits per heavy atom. The lowest BCUT2D eigenvalue weighted by Gasteiger charge is -2.17. The Balaban J connectivity index is 1.83. The van der Waals surface area contributed by atoms with Crippen LogP contribution in [0.25, 0.3) is 6.08 Å². The van der Waals surface area contributed by atoms with Crippen molar-refractivity contribution in [3.8, 4) is 0 Å². The third-order valence-electron chi connectivity index (χ3n) is 4.08. The van der Waals surface area contributed by atoms with E-state index in [1.54, 1.807) is 0 Å². The molecule has 1 N–H and O–H groups in total. The average Bonchev–Trinajstić information content (AvgIpc) is 2.70. The van der Waals surface area contributed by atoms with Crippen molar-refractivity contribution in [1.29, 1.82) is 0 Å². The van der Waals surface area contributed by atoms with Crippen molar-refractivity contribution in [1.82, 2.24) is 5.32 Å². The molecule has 7 nitrogen and oxygen atoms in total. The number of nitro groups is 1. The maximum absolute atomic E-state index is 12.1. The second kappa shape index (κ2) is 10.0. The van der Waals surface area contributed by atoms with Gasteiger partial charge in [0.15, 0.2) is 6.61 Å². The number of hydrogen-bond donors (Lipinski definition) is 1. The zero-order valence-electron chi connectivity index (χ0n) is 15.8. The molecule has 0 aliphatic rings. The lowest BCUT2D eigenvalue weighted by molar-refractivity contribution is -0.384.